The van der Waals surface area contributed by atoms with Crippen molar-refractivity contribution >= 4 is 23.7 Å². The average Bonchev–Trinajstić information content (AvgIpc) is 2.75. The van der Waals surface area contributed by atoms with Crippen LogP contribution in [0.5, 0.6) is 0 Å². The molecule has 1 aromatic rings. The molecular weight excluding hydrogens is 444 g/mol. The number of hydrogen-bond donors (Lipinski definition) is 7. The van der Waals surface area contributed by atoms with Crippen molar-refractivity contribution in [3.63, 3.8) is 0 Å². The molecule has 0 aliphatic rings. The number of benzene rings is 1. The molecule has 0 saturated heterocycles. The molecule has 0 saturated carbocycles. The standard InChI is InChI=1S/C23H36N4O7/c1-12(2)10-16(26-22(32)18(24)13(3)28)20(30)25-17(11-15-8-6-5-7-9-15)21(31)27-19(14(4)29)23(33)34/h5-9,12-14,16-19,28-29H,10-11,24H2,1-4H3,(H,25,30)(H,26,32)(H,27,31)(H,33,34). The normalized spacial score (nSPS) is 16.5. The molecule has 190 valence electrons. The van der Waals surface area contributed by atoms with Crippen LogP contribution >= 0.6 is 0 Å². The van der Waals surface area contributed by atoms with E-state index in [2.05, 4.69) is 16.0 Å². The molecule has 0 aliphatic heterocycles. The number of carboxylic acid groups (broad SMARTS) is 1. The van der Waals surface area contributed by atoms with Crippen molar-refractivity contribution < 1.29 is 34.5 Å². The van der Waals surface area contributed by atoms with Crippen LogP contribution in [0.3, 0.4) is 0 Å². The molecule has 0 aromatic heterocycles. The van der Waals surface area contributed by atoms with Crippen molar-refractivity contribution in [3.05, 3.63) is 35.9 Å². The predicted molar refractivity (Wildman–Crippen MR) is 124 cm³/mol. The van der Waals surface area contributed by atoms with Crippen LogP contribution in [0, 0.1) is 5.92 Å². The van der Waals surface area contributed by atoms with Gasteiger partial charge in [0.25, 0.3) is 0 Å². The number of nitrogens with one attached hydrogen (secondary N) is 3. The lowest BCUT2D eigenvalue weighted by Crippen LogP contribution is -2.59. The minimum absolute atomic E-state index is 0.00754. The van der Waals surface area contributed by atoms with Gasteiger partial charge in [-0.3, -0.25) is 14.4 Å². The van der Waals surface area contributed by atoms with Crippen molar-refractivity contribution in [1.82, 2.24) is 16.0 Å². The molecule has 34 heavy (non-hydrogen) atoms. The highest BCUT2D eigenvalue weighted by Gasteiger charge is 2.32. The van der Waals surface area contributed by atoms with Gasteiger partial charge in [0.15, 0.2) is 6.04 Å². The van der Waals surface area contributed by atoms with E-state index in [9.17, 15) is 34.5 Å². The fourth-order valence-corrected chi connectivity index (χ4v) is 3.16. The first-order chi connectivity index (χ1) is 15.8. The predicted octanol–water partition coefficient (Wildman–Crippen LogP) is -1.10. The molecule has 0 heterocycles. The summed E-state index contributed by atoms with van der Waals surface area (Å²) in [4.78, 5) is 49.8. The van der Waals surface area contributed by atoms with Crippen LogP contribution in [0.1, 0.15) is 39.7 Å². The lowest BCUT2D eigenvalue weighted by molar-refractivity contribution is -0.145. The molecule has 0 fully saturated rings. The SMILES string of the molecule is CC(C)CC(NC(=O)C(N)C(C)O)C(=O)NC(Cc1ccccc1)C(=O)NC(C(=O)O)C(C)O. The van der Waals surface area contributed by atoms with E-state index in [1.54, 1.807) is 30.3 Å². The van der Waals surface area contributed by atoms with E-state index in [0.29, 0.717) is 5.56 Å². The first-order valence-corrected chi connectivity index (χ1v) is 11.1. The van der Waals surface area contributed by atoms with Crippen molar-refractivity contribution in [2.75, 3.05) is 0 Å². The molecule has 8 N–H and O–H groups in total. The Morgan fingerprint density at radius 1 is 0.824 bits per heavy atom. The van der Waals surface area contributed by atoms with Crippen LogP contribution in [0.25, 0.3) is 0 Å². The van der Waals surface area contributed by atoms with Gasteiger partial charge in [-0.1, -0.05) is 44.2 Å². The summed E-state index contributed by atoms with van der Waals surface area (Å²) in [5.74, 6) is -3.63. The molecule has 1 rings (SSSR count). The Balaban J connectivity index is 3.13. The molecule has 0 aliphatic carbocycles. The van der Waals surface area contributed by atoms with Gasteiger partial charge in [0.05, 0.1) is 12.2 Å². The van der Waals surface area contributed by atoms with Gasteiger partial charge in [-0.25, -0.2) is 4.79 Å². The smallest absolute Gasteiger partial charge is 0.328 e. The maximum atomic E-state index is 13.1. The van der Waals surface area contributed by atoms with E-state index in [0.717, 1.165) is 0 Å². The topological polar surface area (TPSA) is 191 Å². The highest BCUT2D eigenvalue weighted by Crippen LogP contribution is 2.09. The van der Waals surface area contributed by atoms with Gasteiger partial charge in [0.1, 0.15) is 18.1 Å². The lowest BCUT2D eigenvalue weighted by Gasteiger charge is -2.27. The summed E-state index contributed by atoms with van der Waals surface area (Å²) in [5, 5.41) is 35.9. The average molecular weight is 481 g/mol. The van der Waals surface area contributed by atoms with E-state index in [1.807, 2.05) is 13.8 Å². The fraction of sp³-hybridized carbons (Fsp3) is 0.565. The summed E-state index contributed by atoms with van der Waals surface area (Å²) in [6.45, 7) is 6.26. The Kier molecular flexibility index (Phi) is 11.6. The van der Waals surface area contributed by atoms with Crippen molar-refractivity contribution in [3.8, 4) is 0 Å². The summed E-state index contributed by atoms with van der Waals surface area (Å²) in [5.41, 5.74) is 6.37. The zero-order chi connectivity index (χ0) is 26.0. The van der Waals surface area contributed by atoms with Crippen molar-refractivity contribution in [2.24, 2.45) is 11.7 Å². The second-order valence-corrected chi connectivity index (χ2v) is 8.77. The van der Waals surface area contributed by atoms with Gasteiger partial charge in [-0.15, -0.1) is 0 Å². The quantitative estimate of drug-likeness (QED) is 0.185. The largest absolute Gasteiger partial charge is 0.480 e. The first kappa shape index (κ1) is 29.0. The van der Waals surface area contributed by atoms with Crippen LogP contribution in [0.4, 0.5) is 0 Å². The third-order valence-electron chi connectivity index (χ3n) is 5.12. The van der Waals surface area contributed by atoms with Crippen LogP contribution in [0.15, 0.2) is 30.3 Å². The Morgan fingerprint density at radius 2 is 1.35 bits per heavy atom. The van der Waals surface area contributed by atoms with Crippen LogP contribution < -0.4 is 21.7 Å². The third kappa shape index (κ3) is 9.46. The number of carbonyl (C=O) groups is 4. The number of aliphatic hydroxyl groups excluding tert-OH is 2. The van der Waals surface area contributed by atoms with Crippen molar-refractivity contribution in [1.29, 1.82) is 0 Å². The zero-order valence-corrected chi connectivity index (χ0v) is 19.9. The Morgan fingerprint density at radius 3 is 1.82 bits per heavy atom. The van der Waals surface area contributed by atoms with Gasteiger partial charge in [-0.2, -0.15) is 0 Å². The molecule has 11 heteroatoms. The molecule has 0 spiro atoms. The van der Waals surface area contributed by atoms with Gasteiger partial charge < -0.3 is 37.0 Å². The summed E-state index contributed by atoms with van der Waals surface area (Å²) in [6, 6.07) is 3.72. The van der Waals surface area contributed by atoms with Crippen LogP contribution in [-0.4, -0.2) is 75.4 Å². The second kappa shape index (κ2) is 13.6. The third-order valence-corrected chi connectivity index (χ3v) is 5.12. The number of aliphatic hydroxyl groups is 2. The summed E-state index contributed by atoms with van der Waals surface area (Å²) >= 11 is 0. The summed E-state index contributed by atoms with van der Waals surface area (Å²) in [7, 11) is 0. The summed E-state index contributed by atoms with van der Waals surface area (Å²) < 4.78 is 0. The fourth-order valence-electron chi connectivity index (χ4n) is 3.16. The van der Waals surface area contributed by atoms with Gasteiger partial charge in [0.2, 0.25) is 17.7 Å². The zero-order valence-electron chi connectivity index (χ0n) is 19.9. The number of nitrogens with two attached hydrogens (primary N) is 1. The number of rotatable bonds is 13. The molecule has 0 bridgehead atoms. The Bertz CT molecular complexity index is 830. The van der Waals surface area contributed by atoms with Gasteiger partial charge in [0, 0.05) is 6.42 Å². The molecule has 6 atom stereocenters. The maximum Gasteiger partial charge on any atom is 0.328 e. The highest BCUT2D eigenvalue weighted by molar-refractivity contribution is 5.94. The summed E-state index contributed by atoms with van der Waals surface area (Å²) in [6.07, 6.45) is -2.23. The molecule has 11 nitrogen and oxygen atoms in total. The van der Waals surface area contributed by atoms with E-state index >= 15 is 0 Å². The molecule has 6 unspecified atom stereocenters. The monoisotopic (exact) mass is 480 g/mol. The van der Waals surface area contributed by atoms with E-state index < -0.39 is 60.1 Å². The number of aliphatic carboxylic acids is 1. The first-order valence-electron chi connectivity index (χ1n) is 11.1. The van der Waals surface area contributed by atoms with Gasteiger partial charge in [-0.05, 0) is 31.7 Å². The Labute approximate surface area is 199 Å². The van der Waals surface area contributed by atoms with Crippen molar-refractivity contribution in [2.45, 2.75) is 76.9 Å². The Hall–Kier alpha value is -3.02. The molecular formula is C23H36N4O7. The van der Waals surface area contributed by atoms with Crippen LogP contribution in [0.2, 0.25) is 0 Å². The highest BCUT2D eigenvalue weighted by atomic mass is 16.4. The minimum atomic E-state index is -1.57. The number of carbonyl (C=O) groups excluding carboxylic acids is 3. The van der Waals surface area contributed by atoms with Gasteiger partial charge >= 0.3 is 5.97 Å². The number of carboxylic acids is 1. The minimum Gasteiger partial charge on any atom is -0.480 e. The maximum absolute atomic E-state index is 13.1. The van der Waals surface area contributed by atoms with E-state index in [1.165, 1.54) is 13.8 Å². The second-order valence-electron chi connectivity index (χ2n) is 8.77. The molecule has 3 amide bonds. The van der Waals surface area contributed by atoms with Crippen LogP contribution in [-0.2, 0) is 25.6 Å². The van der Waals surface area contributed by atoms with E-state index in [4.69, 9.17) is 5.73 Å². The number of amides is 3. The lowest BCUT2D eigenvalue weighted by atomic mass is 10.00. The number of hydrogen-bond acceptors (Lipinski definition) is 7. The molecule has 0 radical (unpaired) electrons. The van der Waals surface area contributed by atoms with E-state index in [-0.39, 0.29) is 18.8 Å². The molecule has 1 aromatic carbocycles.